The van der Waals surface area contributed by atoms with E-state index in [2.05, 4.69) is 48.9 Å². The Balaban J connectivity index is 1.59. The molecule has 4 aliphatic carbocycles. The fourth-order valence-electron chi connectivity index (χ4n) is 8.35. The molecule has 4 saturated carbocycles. The first-order valence-corrected chi connectivity index (χ1v) is 11.9. The Bertz CT molecular complexity index is 560. The van der Waals surface area contributed by atoms with E-state index in [4.69, 9.17) is 0 Å². The number of fused-ring (bicyclic) bond motifs is 5. The number of hydrogen-bond acceptors (Lipinski definition) is 0. The summed E-state index contributed by atoms with van der Waals surface area (Å²) in [6, 6.07) is 0. The molecule has 0 heterocycles. The maximum Gasteiger partial charge on any atom is -0.0146 e. The Labute approximate surface area is 164 Å². The molecule has 0 aromatic rings. The average molecular weight is 405 g/mol. The maximum absolute atomic E-state index is 3.43. The molecule has 0 amide bonds. The number of allylic oxidation sites excluding steroid dienone is 3. The standard InChI is InChI=1S/C24H37Br/c1-17(7-6-16-25)20-11-12-21-19-10-9-18-8-4-5-14-23(18,2)22(19)13-15-24(20,21)3/h6-7,16,18-22H,4-5,8-15H2,1-3H3/t18?,19-,20+,21-,22-,23-,24+/m0/s1. The topological polar surface area (TPSA) is 0 Å². The summed E-state index contributed by atoms with van der Waals surface area (Å²) in [7, 11) is 0. The smallest absolute Gasteiger partial charge is 0.0146 e. The fraction of sp³-hybridized carbons (Fsp3) is 0.833. The third kappa shape index (κ3) is 2.82. The third-order valence-electron chi connectivity index (χ3n) is 9.56. The van der Waals surface area contributed by atoms with Crippen molar-refractivity contribution >= 4 is 15.9 Å². The van der Waals surface area contributed by atoms with Crippen LogP contribution in [-0.2, 0) is 0 Å². The molecule has 4 fully saturated rings. The van der Waals surface area contributed by atoms with Crippen LogP contribution in [0.4, 0.5) is 0 Å². The molecule has 7 atom stereocenters. The van der Waals surface area contributed by atoms with Gasteiger partial charge in [0.15, 0.2) is 0 Å². The van der Waals surface area contributed by atoms with Gasteiger partial charge in [-0.2, -0.15) is 0 Å². The van der Waals surface area contributed by atoms with Gasteiger partial charge in [0.2, 0.25) is 0 Å². The van der Waals surface area contributed by atoms with Crippen molar-refractivity contribution in [3.05, 3.63) is 22.7 Å². The first kappa shape index (κ1) is 18.3. The Morgan fingerprint density at radius 1 is 0.880 bits per heavy atom. The van der Waals surface area contributed by atoms with Crippen molar-refractivity contribution in [3.63, 3.8) is 0 Å². The lowest BCUT2D eigenvalue weighted by atomic mass is 9.44. The van der Waals surface area contributed by atoms with Gasteiger partial charge in [0, 0.05) is 0 Å². The van der Waals surface area contributed by atoms with Crippen molar-refractivity contribution in [3.8, 4) is 0 Å². The van der Waals surface area contributed by atoms with E-state index >= 15 is 0 Å². The normalized spacial score (nSPS) is 50.4. The minimum Gasteiger partial charge on any atom is -0.0697 e. The molecule has 0 N–H and O–H groups in total. The monoisotopic (exact) mass is 404 g/mol. The predicted octanol–water partition coefficient (Wildman–Crippen LogP) is 7.89. The summed E-state index contributed by atoms with van der Waals surface area (Å²) in [6.45, 7) is 7.75. The minimum atomic E-state index is 0.569. The first-order valence-electron chi connectivity index (χ1n) is 10.9. The van der Waals surface area contributed by atoms with Crippen molar-refractivity contribution in [1.82, 2.24) is 0 Å². The molecule has 0 aromatic carbocycles. The molecule has 140 valence electrons. The lowest BCUT2D eigenvalue weighted by Gasteiger charge is -2.60. The van der Waals surface area contributed by atoms with Crippen molar-refractivity contribution in [2.75, 3.05) is 0 Å². The summed E-state index contributed by atoms with van der Waals surface area (Å²) >= 11 is 3.43. The quantitative estimate of drug-likeness (QED) is 0.410. The lowest BCUT2D eigenvalue weighted by molar-refractivity contribution is -0.108. The maximum atomic E-state index is 3.43. The molecule has 0 nitrogen and oxygen atoms in total. The van der Waals surface area contributed by atoms with Crippen molar-refractivity contribution in [1.29, 1.82) is 0 Å². The summed E-state index contributed by atoms with van der Waals surface area (Å²) in [5, 5.41) is 0. The minimum absolute atomic E-state index is 0.569. The van der Waals surface area contributed by atoms with Crippen molar-refractivity contribution < 1.29 is 0 Å². The number of halogens is 1. The Kier molecular flexibility index (Phi) is 5.02. The molecular formula is C24H37Br. The van der Waals surface area contributed by atoms with Gasteiger partial charge >= 0.3 is 0 Å². The second-order valence-corrected chi connectivity index (χ2v) is 10.8. The summed E-state index contributed by atoms with van der Waals surface area (Å²) in [4.78, 5) is 1.99. The zero-order chi connectivity index (χ0) is 17.7. The molecule has 0 aromatic heterocycles. The Morgan fingerprint density at radius 3 is 2.48 bits per heavy atom. The van der Waals surface area contributed by atoms with Gasteiger partial charge in [-0.3, -0.25) is 0 Å². The second kappa shape index (κ2) is 6.84. The Hall–Kier alpha value is -0.0400. The summed E-state index contributed by atoms with van der Waals surface area (Å²) < 4.78 is 0. The molecule has 4 rings (SSSR count). The van der Waals surface area contributed by atoms with Crippen molar-refractivity contribution in [2.45, 2.75) is 85.0 Å². The highest BCUT2D eigenvalue weighted by atomic mass is 79.9. The summed E-state index contributed by atoms with van der Waals surface area (Å²) in [5.74, 6) is 4.93. The van der Waals surface area contributed by atoms with Gasteiger partial charge in [-0.25, -0.2) is 0 Å². The molecule has 0 spiro atoms. The highest BCUT2D eigenvalue weighted by Crippen LogP contribution is 2.68. The summed E-state index contributed by atoms with van der Waals surface area (Å²) in [5.41, 5.74) is 2.88. The highest BCUT2D eigenvalue weighted by Gasteiger charge is 2.59. The van der Waals surface area contributed by atoms with Crippen LogP contribution in [0.2, 0.25) is 0 Å². The van der Waals surface area contributed by atoms with Crippen LogP contribution < -0.4 is 0 Å². The Morgan fingerprint density at radius 2 is 1.68 bits per heavy atom. The van der Waals surface area contributed by atoms with Crippen LogP contribution in [0.5, 0.6) is 0 Å². The van der Waals surface area contributed by atoms with Gasteiger partial charge < -0.3 is 0 Å². The molecule has 0 aliphatic heterocycles. The SMILES string of the molecule is CC(=CC=CBr)[C@H]1CC[C@H]2[C@@H]3CCC4CCCC[C@]4(C)[C@H]3CC[C@]12C. The summed E-state index contributed by atoms with van der Waals surface area (Å²) in [6.07, 6.45) is 19.6. The van der Waals surface area contributed by atoms with Gasteiger partial charge in [-0.1, -0.05) is 60.3 Å². The largest absolute Gasteiger partial charge is 0.0697 e. The molecule has 1 heteroatoms. The number of hydrogen-bond donors (Lipinski definition) is 0. The van der Waals surface area contributed by atoms with Gasteiger partial charge in [0.25, 0.3) is 0 Å². The van der Waals surface area contributed by atoms with Crippen molar-refractivity contribution in [2.24, 2.45) is 40.4 Å². The van der Waals surface area contributed by atoms with Crippen LogP contribution in [0.1, 0.15) is 85.0 Å². The van der Waals surface area contributed by atoms with Crippen LogP contribution >= 0.6 is 15.9 Å². The molecule has 0 radical (unpaired) electrons. The van der Waals surface area contributed by atoms with Crippen LogP contribution in [0, 0.1) is 40.4 Å². The van der Waals surface area contributed by atoms with Gasteiger partial charge in [0.05, 0.1) is 0 Å². The molecule has 0 saturated heterocycles. The van der Waals surface area contributed by atoms with Gasteiger partial charge in [0.1, 0.15) is 0 Å². The molecule has 1 unspecified atom stereocenters. The molecule has 4 aliphatic rings. The van der Waals surface area contributed by atoms with E-state index in [0.717, 1.165) is 29.6 Å². The fourth-order valence-corrected chi connectivity index (χ4v) is 8.50. The highest BCUT2D eigenvalue weighted by molar-refractivity contribution is 9.11. The van der Waals surface area contributed by atoms with E-state index in [9.17, 15) is 0 Å². The zero-order valence-electron chi connectivity index (χ0n) is 16.6. The van der Waals surface area contributed by atoms with E-state index in [1.165, 1.54) is 57.8 Å². The van der Waals surface area contributed by atoms with Crippen LogP contribution in [0.3, 0.4) is 0 Å². The van der Waals surface area contributed by atoms with Crippen LogP contribution in [0.25, 0.3) is 0 Å². The van der Waals surface area contributed by atoms with E-state index in [0.29, 0.717) is 10.8 Å². The van der Waals surface area contributed by atoms with Gasteiger partial charge in [-0.15, -0.1) is 0 Å². The van der Waals surface area contributed by atoms with E-state index in [1.807, 2.05) is 4.99 Å². The average Bonchev–Trinajstić information content (AvgIpc) is 2.96. The van der Waals surface area contributed by atoms with Crippen LogP contribution in [0.15, 0.2) is 22.7 Å². The van der Waals surface area contributed by atoms with Gasteiger partial charge in [-0.05, 0) is 104 Å². The molecule has 25 heavy (non-hydrogen) atoms. The van der Waals surface area contributed by atoms with E-state index < -0.39 is 0 Å². The number of rotatable bonds is 2. The molecular weight excluding hydrogens is 368 g/mol. The molecule has 0 bridgehead atoms. The lowest BCUT2D eigenvalue weighted by Crippen LogP contribution is -2.52. The van der Waals surface area contributed by atoms with E-state index in [-0.39, 0.29) is 0 Å². The van der Waals surface area contributed by atoms with Crippen LogP contribution in [-0.4, -0.2) is 0 Å². The zero-order valence-corrected chi connectivity index (χ0v) is 18.2. The first-order chi connectivity index (χ1) is 12.0. The second-order valence-electron chi connectivity index (χ2n) is 10.3. The predicted molar refractivity (Wildman–Crippen MR) is 112 cm³/mol. The van der Waals surface area contributed by atoms with E-state index in [1.54, 1.807) is 12.0 Å². The third-order valence-corrected chi connectivity index (χ3v) is 9.87.